The third-order valence-corrected chi connectivity index (χ3v) is 5.32. The summed E-state index contributed by atoms with van der Waals surface area (Å²) < 4.78 is 0. The highest BCUT2D eigenvalue weighted by molar-refractivity contribution is 7.98. The van der Waals surface area contributed by atoms with Crippen LogP contribution in [-0.4, -0.2) is 86.7 Å². The number of nitrogens with two attached hydrogens (primary N) is 1. The fourth-order valence-corrected chi connectivity index (χ4v) is 3.10. The van der Waals surface area contributed by atoms with Gasteiger partial charge in [-0.15, -0.1) is 0 Å². The third kappa shape index (κ3) is 8.85. The molecular formula is C19H32N6O6S. The highest BCUT2D eigenvalue weighted by Crippen LogP contribution is 2.05. The molecule has 4 unspecified atom stereocenters. The lowest BCUT2D eigenvalue weighted by molar-refractivity contribution is -0.142. The van der Waals surface area contributed by atoms with E-state index in [0.717, 1.165) is 0 Å². The van der Waals surface area contributed by atoms with Crippen LogP contribution in [0.4, 0.5) is 0 Å². The van der Waals surface area contributed by atoms with E-state index in [1.165, 1.54) is 24.3 Å². The van der Waals surface area contributed by atoms with Crippen LogP contribution in [0, 0.1) is 5.92 Å². The number of H-pyrrole nitrogens is 1. The number of hydrogen-bond donors (Lipinski definition) is 7. The van der Waals surface area contributed by atoms with Gasteiger partial charge >= 0.3 is 5.97 Å². The standard InChI is InChI=1S/C19H32N6O6S/c1-10(2)15(20)18(29)25-14(8-26)17(28)24-13(6-11-7-21-9-22-11)16(27)23-12(19(30)31)4-5-32-3/h7,9-10,12-15,26H,4-6,8,20H2,1-3H3,(H,21,22)(H,23,27)(H,24,28)(H,25,29)(H,30,31). The van der Waals surface area contributed by atoms with Gasteiger partial charge in [-0.25, -0.2) is 9.78 Å². The van der Waals surface area contributed by atoms with Gasteiger partial charge in [-0.05, 0) is 24.3 Å². The number of amides is 3. The number of thioether (sulfide) groups is 1. The van der Waals surface area contributed by atoms with Gasteiger partial charge in [-0.2, -0.15) is 11.8 Å². The number of aromatic amines is 1. The van der Waals surface area contributed by atoms with Crippen molar-refractivity contribution in [2.24, 2.45) is 11.7 Å². The number of aliphatic carboxylic acids is 1. The highest BCUT2D eigenvalue weighted by atomic mass is 32.2. The first-order chi connectivity index (χ1) is 15.1. The number of carboxylic acids is 1. The Labute approximate surface area is 190 Å². The molecule has 3 amide bonds. The Morgan fingerprint density at radius 1 is 1.09 bits per heavy atom. The van der Waals surface area contributed by atoms with Crippen molar-refractivity contribution in [3.05, 3.63) is 18.2 Å². The van der Waals surface area contributed by atoms with Crippen LogP contribution in [0.1, 0.15) is 26.0 Å². The summed E-state index contributed by atoms with van der Waals surface area (Å²) in [6.07, 6.45) is 4.87. The number of aliphatic hydroxyl groups is 1. The summed E-state index contributed by atoms with van der Waals surface area (Å²) in [5.41, 5.74) is 6.29. The Hall–Kier alpha value is -2.64. The molecule has 0 radical (unpaired) electrons. The number of imidazole rings is 1. The van der Waals surface area contributed by atoms with Crippen LogP contribution in [0.3, 0.4) is 0 Å². The molecule has 0 saturated heterocycles. The van der Waals surface area contributed by atoms with Crippen molar-refractivity contribution >= 4 is 35.5 Å². The van der Waals surface area contributed by atoms with Gasteiger partial charge in [0.05, 0.1) is 19.0 Å². The topological polar surface area (TPSA) is 200 Å². The van der Waals surface area contributed by atoms with Gasteiger partial charge in [0.25, 0.3) is 0 Å². The maximum absolute atomic E-state index is 12.8. The molecule has 1 rings (SSSR count). The van der Waals surface area contributed by atoms with E-state index in [2.05, 4.69) is 25.9 Å². The largest absolute Gasteiger partial charge is 0.480 e. The van der Waals surface area contributed by atoms with Crippen LogP contribution in [0.5, 0.6) is 0 Å². The molecule has 0 bridgehead atoms. The SMILES string of the molecule is CSCCC(NC(=O)C(Cc1cnc[nH]1)NC(=O)C(CO)NC(=O)C(N)C(C)C)C(=O)O. The van der Waals surface area contributed by atoms with Crippen LogP contribution >= 0.6 is 11.8 Å². The Morgan fingerprint density at radius 3 is 2.19 bits per heavy atom. The molecule has 1 aromatic rings. The second kappa shape index (κ2) is 13.7. The van der Waals surface area contributed by atoms with E-state index in [1.807, 2.05) is 6.26 Å². The number of hydrogen-bond acceptors (Lipinski definition) is 8. The second-order valence-electron chi connectivity index (χ2n) is 7.54. The van der Waals surface area contributed by atoms with Crippen molar-refractivity contribution in [3.63, 3.8) is 0 Å². The van der Waals surface area contributed by atoms with E-state index in [4.69, 9.17) is 5.73 Å². The van der Waals surface area contributed by atoms with Gasteiger partial charge in [0, 0.05) is 18.3 Å². The molecule has 0 fully saturated rings. The number of aromatic nitrogens is 2. The number of carbonyl (C=O) groups is 4. The summed E-state index contributed by atoms with van der Waals surface area (Å²) in [6.45, 7) is 2.75. The Balaban J connectivity index is 2.94. The fourth-order valence-electron chi connectivity index (χ4n) is 2.63. The Kier molecular flexibility index (Phi) is 11.7. The molecule has 0 spiro atoms. The molecule has 4 atom stereocenters. The van der Waals surface area contributed by atoms with E-state index in [9.17, 15) is 29.4 Å². The molecule has 0 aromatic carbocycles. The first-order valence-corrected chi connectivity index (χ1v) is 11.5. The van der Waals surface area contributed by atoms with Crippen molar-refractivity contribution in [1.82, 2.24) is 25.9 Å². The number of carbonyl (C=O) groups excluding carboxylic acids is 3. The number of rotatable bonds is 14. The summed E-state index contributed by atoms with van der Waals surface area (Å²) in [5.74, 6) is -3.01. The van der Waals surface area contributed by atoms with Crippen molar-refractivity contribution in [2.45, 2.75) is 50.9 Å². The first kappa shape index (κ1) is 27.4. The zero-order chi connectivity index (χ0) is 24.3. The van der Waals surface area contributed by atoms with Gasteiger partial charge in [0.2, 0.25) is 17.7 Å². The molecule has 180 valence electrons. The lowest BCUT2D eigenvalue weighted by Crippen LogP contribution is -2.59. The van der Waals surface area contributed by atoms with E-state index >= 15 is 0 Å². The average molecular weight is 473 g/mol. The zero-order valence-corrected chi connectivity index (χ0v) is 19.1. The van der Waals surface area contributed by atoms with E-state index in [0.29, 0.717) is 11.4 Å². The van der Waals surface area contributed by atoms with Crippen LogP contribution < -0.4 is 21.7 Å². The van der Waals surface area contributed by atoms with Gasteiger partial charge in [0.1, 0.15) is 18.1 Å². The van der Waals surface area contributed by atoms with Crippen molar-refractivity contribution in [2.75, 3.05) is 18.6 Å². The van der Waals surface area contributed by atoms with Crippen LogP contribution in [-0.2, 0) is 25.6 Å². The molecule has 1 aromatic heterocycles. The molecule has 0 aliphatic heterocycles. The van der Waals surface area contributed by atoms with Crippen molar-refractivity contribution in [3.8, 4) is 0 Å². The lowest BCUT2D eigenvalue weighted by Gasteiger charge is -2.24. The Bertz CT molecular complexity index is 759. The molecule has 13 heteroatoms. The summed E-state index contributed by atoms with van der Waals surface area (Å²) in [5, 5.41) is 26.2. The van der Waals surface area contributed by atoms with Crippen LogP contribution in [0.25, 0.3) is 0 Å². The summed E-state index contributed by atoms with van der Waals surface area (Å²) in [4.78, 5) is 55.8. The minimum atomic E-state index is -1.34. The predicted molar refractivity (Wildman–Crippen MR) is 119 cm³/mol. The maximum atomic E-state index is 12.8. The van der Waals surface area contributed by atoms with Gasteiger partial charge in [0.15, 0.2) is 0 Å². The van der Waals surface area contributed by atoms with Gasteiger partial charge < -0.3 is 36.9 Å². The van der Waals surface area contributed by atoms with Crippen LogP contribution in [0.15, 0.2) is 12.5 Å². The quantitative estimate of drug-likeness (QED) is 0.163. The highest BCUT2D eigenvalue weighted by Gasteiger charge is 2.30. The third-order valence-electron chi connectivity index (χ3n) is 4.67. The molecule has 32 heavy (non-hydrogen) atoms. The summed E-state index contributed by atoms with van der Waals surface area (Å²) in [7, 11) is 0. The molecule has 0 aliphatic rings. The predicted octanol–water partition coefficient (Wildman–Crippen LogP) is -1.78. The molecule has 1 heterocycles. The second-order valence-corrected chi connectivity index (χ2v) is 8.52. The van der Waals surface area contributed by atoms with E-state index < -0.39 is 54.5 Å². The molecule has 12 nitrogen and oxygen atoms in total. The maximum Gasteiger partial charge on any atom is 0.326 e. The minimum absolute atomic E-state index is 0.00988. The smallest absolute Gasteiger partial charge is 0.326 e. The van der Waals surface area contributed by atoms with Crippen LogP contribution in [0.2, 0.25) is 0 Å². The summed E-state index contributed by atoms with van der Waals surface area (Å²) >= 11 is 1.44. The molecule has 8 N–H and O–H groups in total. The minimum Gasteiger partial charge on any atom is -0.480 e. The van der Waals surface area contributed by atoms with E-state index in [-0.39, 0.29) is 18.8 Å². The van der Waals surface area contributed by atoms with Gasteiger partial charge in [-0.1, -0.05) is 13.8 Å². The normalized spacial score (nSPS) is 14.8. The van der Waals surface area contributed by atoms with Gasteiger partial charge in [-0.3, -0.25) is 14.4 Å². The number of nitrogens with zero attached hydrogens (tertiary/aromatic N) is 1. The zero-order valence-electron chi connectivity index (χ0n) is 18.3. The fraction of sp³-hybridized carbons (Fsp3) is 0.632. The molecule has 0 aliphatic carbocycles. The average Bonchev–Trinajstić information content (AvgIpc) is 3.26. The summed E-state index contributed by atoms with van der Waals surface area (Å²) in [6, 6.07) is -4.53. The molecular weight excluding hydrogens is 440 g/mol. The molecule has 0 saturated carbocycles. The Morgan fingerprint density at radius 2 is 1.69 bits per heavy atom. The first-order valence-electron chi connectivity index (χ1n) is 10.1. The number of carboxylic acid groups (broad SMARTS) is 1. The number of nitrogens with one attached hydrogen (secondary N) is 4. The van der Waals surface area contributed by atoms with Crippen molar-refractivity contribution in [1.29, 1.82) is 0 Å². The van der Waals surface area contributed by atoms with Crippen molar-refractivity contribution < 1.29 is 29.4 Å². The number of aliphatic hydroxyl groups excluding tert-OH is 1. The van der Waals surface area contributed by atoms with E-state index in [1.54, 1.807) is 13.8 Å². The monoisotopic (exact) mass is 472 g/mol. The lowest BCUT2D eigenvalue weighted by atomic mass is 10.0.